The summed E-state index contributed by atoms with van der Waals surface area (Å²) in [7, 11) is 0. The molecule has 0 saturated carbocycles. The summed E-state index contributed by atoms with van der Waals surface area (Å²) in [6.07, 6.45) is 6.74. The molecule has 0 spiro atoms. The van der Waals surface area contributed by atoms with E-state index < -0.39 is 0 Å². The number of H-pyrrole nitrogens is 1. The first-order valence-corrected chi connectivity index (χ1v) is 7.31. The molecule has 0 bridgehead atoms. The summed E-state index contributed by atoms with van der Waals surface area (Å²) in [4.78, 5) is 22.8. The molecule has 6 heteroatoms. The molecule has 1 aliphatic rings. The molecule has 1 atom stereocenters. The van der Waals surface area contributed by atoms with Crippen molar-refractivity contribution in [2.75, 3.05) is 6.54 Å². The van der Waals surface area contributed by atoms with Crippen molar-refractivity contribution >= 4 is 5.91 Å². The van der Waals surface area contributed by atoms with Crippen LogP contribution < -0.4 is 0 Å². The van der Waals surface area contributed by atoms with E-state index in [0.29, 0.717) is 6.42 Å². The van der Waals surface area contributed by atoms with Crippen molar-refractivity contribution in [1.82, 2.24) is 25.1 Å². The molecule has 0 radical (unpaired) electrons. The summed E-state index contributed by atoms with van der Waals surface area (Å²) in [5.74, 6) is 1.70. The summed E-state index contributed by atoms with van der Waals surface area (Å²) in [6.45, 7) is 2.67. The summed E-state index contributed by atoms with van der Waals surface area (Å²) >= 11 is 0. The van der Waals surface area contributed by atoms with Gasteiger partial charge in [0, 0.05) is 25.4 Å². The summed E-state index contributed by atoms with van der Waals surface area (Å²) in [5.41, 5.74) is 1.09. The highest BCUT2D eigenvalue weighted by Crippen LogP contribution is 2.30. The SMILES string of the molecule is Cc1nc([C@@H]2CCCN2C(=O)CCc2cccnc2)n[nH]1. The number of hydrogen-bond donors (Lipinski definition) is 1. The van der Waals surface area contributed by atoms with Gasteiger partial charge in [-0.2, -0.15) is 5.10 Å². The average molecular weight is 285 g/mol. The van der Waals surface area contributed by atoms with Crippen LogP contribution in [-0.2, 0) is 11.2 Å². The molecule has 2 aromatic heterocycles. The summed E-state index contributed by atoms with van der Waals surface area (Å²) in [6, 6.07) is 3.92. The first-order valence-electron chi connectivity index (χ1n) is 7.31. The fourth-order valence-corrected chi connectivity index (χ4v) is 2.78. The lowest BCUT2D eigenvalue weighted by Gasteiger charge is -2.22. The van der Waals surface area contributed by atoms with Gasteiger partial charge in [0.2, 0.25) is 5.91 Å². The van der Waals surface area contributed by atoms with Crippen molar-refractivity contribution in [2.45, 2.75) is 38.6 Å². The number of rotatable bonds is 4. The van der Waals surface area contributed by atoms with Crippen molar-refractivity contribution in [3.05, 3.63) is 41.7 Å². The van der Waals surface area contributed by atoms with Crippen molar-refractivity contribution in [1.29, 1.82) is 0 Å². The van der Waals surface area contributed by atoms with E-state index >= 15 is 0 Å². The highest BCUT2D eigenvalue weighted by atomic mass is 16.2. The van der Waals surface area contributed by atoms with E-state index in [1.54, 1.807) is 6.20 Å². The lowest BCUT2D eigenvalue weighted by Crippen LogP contribution is -2.31. The number of likely N-dealkylation sites (tertiary alicyclic amines) is 1. The maximum Gasteiger partial charge on any atom is 0.223 e. The molecule has 6 nitrogen and oxygen atoms in total. The zero-order valence-electron chi connectivity index (χ0n) is 12.1. The van der Waals surface area contributed by atoms with Gasteiger partial charge in [0.05, 0.1) is 6.04 Å². The Hall–Kier alpha value is -2.24. The Kier molecular flexibility index (Phi) is 3.94. The maximum absolute atomic E-state index is 12.4. The molecule has 1 fully saturated rings. The smallest absolute Gasteiger partial charge is 0.223 e. The van der Waals surface area contributed by atoms with Crippen LogP contribution in [0.25, 0.3) is 0 Å². The van der Waals surface area contributed by atoms with Crippen molar-refractivity contribution < 1.29 is 4.79 Å². The molecule has 21 heavy (non-hydrogen) atoms. The van der Waals surface area contributed by atoms with Gasteiger partial charge < -0.3 is 4.90 Å². The highest BCUT2D eigenvalue weighted by Gasteiger charge is 2.32. The van der Waals surface area contributed by atoms with Crippen LogP contribution in [-0.4, -0.2) is 37.5 Å². The third-order valence-corrected chi connectivity index (χ3v) is 3.84. The monoisotopic (exact) mass is 285 g/mol. The second-order valence-corrected chi connectivity index (χ2v) is 5.39. The molecule has 0 aliphatic carbocycles. The first kappa shape index (κ1) is 13.7. The zero-order chi connectivity index (χ0) is 14.7. The van der Waals surface area contributed by atoms with Crippen LogP contribution in [0.4, 0.5) is 0 Å². The Morgan fingerprint density at radius 1 is 1.52 bits per heavy atom. The minimum atomic E-state index is 0.0244. The van der Waals surface area contributed by atoms with E-state index in [1.807, 2.05) is 30.2 Å². The van der Waals surface area contributed by atoms with Gasteiger partial charge in [-0.1, -0.05) is 6.07 Å². The number of nitrogens with one attached hydrogen (secondary N) is 1. The van der Waals surface area contributed by atoms with Crippen LogP contribution in [0.1, 0.15) is 42.5 Å². The summed E-state index contributed by atoms with van der Waals surface area (Å²) < 4.78 is 0. The predicted octanol–water partition coefficient (Wildman–Crippen LogP) is 1.80. The average Bonchev–Trinajstić information content (AvgIpc) is 3.14. The van der Waals surface area contributed by atoms with E-state index in [2.05, 4.69) is 20.2 Å². The third-order valence-electron chi connectivity index (χ3n) is 3.84. The first-order chi connectivity index (χ1) is 10.2. The molecular weight excluding hydrogens is 266 g/mol. The molecule has 3 heterocycles. The molecule has 2 aromatic rings. The molecule has 1 N–H and O–H groups in total. The minimum Gasteiger partial charge on any atom is -0.332 e. The Balaban J connectivity index is 1.63. The Bertz CT molecular complexity index is 610. The van der Waals surface area contributed by atoms with E-state index in [9.17, 15) is 4.79 Å². The second-order valence-electron chi connectivity index (χ2n) is 5.39. The van der Waals surface area contributed by atoms with Crippen LogP contribution in [0.2, 0.25) is 0 Å². The quantitative estimate of drug-likeness (QED) is 0.929. The van der Waals surface area contributed by atoms with Crippen LogP contribution in [0.15, 0.2) is 24.5 Å². The molecule has 3 rings (SSSR count). The fourth-order valence-electron chi connectivity index (χ4n) is 2.78. The van der Waals surface area contributed by atoms with Gasteiger partial charge in [0.15, 0.2) is 5.82 Å². The number of carbonyl (C=O) groups excluding carboxylic acids is 1. The van der Waals surface area contributed by atoms with Gasteiger partial charge in [0.25, 0.3) is 0 Å². The van der Waals surface area contributed by atoms with Crippen molar-refractivity contribution in [2.24, 2.45) is 0 Å². The number of carbonyl (C=O) groups is 1. The van der Waals surface area contributed by atoms with E-state index in [4.69, 9.17) is 0 Å². The molecule has 0 aromatic carbocycles. The fraction of sp³-hybridized carbons (Fsp3) is 0.467. The van der Waals surface area contributed by atoms with Gasteiger partial charge in [-0.05, 0) is 37.8 Å². The molecule has 1 aliphatic heterocycles. The van der Waals surface area contributed by atoms with Crippen LogP contribution in [0.5, 0.6) is 0 Å². The standard InChI is InChI=1S/C15H19N5O/c1-11-17-15(19-18-11)13-5-3-9-20(13)14(21)7-6-12-4-2-8-16-10-12/h2,4,8,10,13H,3,5-7,9H2,1H3,(H,17,18,19)/t13-/m0/s1. The Morgan fingerprint density at radius 2 is 2.43 bits per heavy atom. The van der Waals surface area contributed by atoms with Gasteiger partial charge in [-0.25, -0.2) is 4.98 Å². The molecule has 0 unspecified atom stereocenters. The lowest BCUT2D eigenvalue weighted by atomic mass is 10.1. The Labute approximate surface area is 123 Å². The third kappa shape index (κ3) is 3.09. The highest BCUT2D eigenvalue weighted by molar-refractivity contribution is 5.77. The number of nitrogens with zero attached hydrogens (tertiary/aromatic N) is 4. The lowest BCUT2D eigenvalue weighted by molar-refractivity contribution is -0.132. The minimum absolute atomic E-state index is 0.0244. The number of aromatic amines is 1. The maximum atomic E-state index is 12.4. The van der Waals surface area contributed by atoms with Crippen LogP contribution in [0.3, 0.4) is 0 Å². The normalized spacial score (nSPS) is 18.1. The van der Waals surface area contributed by atoms with E-state index in [-0.39, 0.29) is 11.9 Å². The topological polar surface area (TPSA) is 74.8 Å². The largest absolute Gasteiger partial charge is 0.332 e. The number of pyridine rings is 1. The van der Waals surface area contributed by atoms with Gasteiger partial charge in [-0.3, -0.25) is 14.9 Å². The molecule has 110 valence electrons. The number of hydrogen-bond acceptors (Lipinski definition) is 4. The van der Waals surface area contributed by atoms with Gasteiger partial charge in [0.1, 0.15) is 5.82 Å². The number of amides is 1. The van der Waals surface area contributed by atoms with Crippen molar-refractivity contribution in [3.8, 4) is 0 Å². The van der Waals surface area contributed by atoms with E-state index in [0.717, 1.165) is 43.0 Å². The molecular formula is C15H19N5O. The zero-order valence-corrected chi connectivity index (χ0v) is 12.1. The summed E-state index contributed by atoms with van der Waals surface area (Å²) in [5, 5.41) is 7.06. The van der Waals surface area contributed by atoms with Gasteiger partial charge >= 0.3 is 0 Å². The molecule has 1 amide bonds. The van der Waals surface area contributed by atoms with Gasteiger partial charge in [-0.15, -0.1) is 0 Å². The second kappa shape index (κ2) is 6.03. The van der Waals surface area contributed by atoms with E-state index in [1.165, 1.54) is 0 Å². The molecule has 1 saturated heterocycles. The number of aromatic nitrogens is 4. The van der Waals surface area contributed by atoms with Crippen molar-refractivity contribution in [3.63, 3.8) is 0 Å². The van der Waals surface area contributed by atoms with Crippen LogP contribution >= 0.6 is 0 Å². The Morgan fingerprint density at radius 3 is 3.14 bits per heavy atom. The number of aryl methyl sites for hydroxylation is 2. The predicted molar refractivity (Wildman–Crippen MR) is 77.4 cm³/mol. The van der Waals surface area contributed by atoms with Crippen LogP contribution in [0, 0.1) is 6.92 Å².